The molecule has 0 heterocycles. The SMILES string of the molecule is COc1ccc2c(c1)CCC1(CC3C=CC1C3)C2=O. The minimum atomic E-state index is -0.0823. The van der Waals surface area contributed by atoms with Crippen molar-refractivity contribution in [1.82, 2.24) is 0 Å². The molecule has 2 nitrogen and oxygen atoms in total. The Balaban J connectivity index is 1.77. The third-order valence-electron chi connectivity index (χ3n) is 5.36. The number of rotatable bonds is 1. The molecule has 3 aliphatic carbocycles. The standard InChI is InChI=1S/C17H18O2/c1-19-14-4-5-15-12(9-14)6-7-17(16(15)18)10-11-2-3-13(17)8-11/h2-5,9,11,13H,6-8,10H2,1H3. The summed E-state index contributed by atoms with van der Waals surface area (Å²) in [5.74, 6) is 2.37. The molecule has 3 unspecified atom stereocenters. The van der Waals surface area contributed by atoms with Crippen molar-refractivity contribution in [3.05, 3.63) is 41.5 Å². The molecule has 1 saturated carbocycles. The highest BCUT2D eigenvalue weighted by Gasteiger charge is 2.54. The second-order valence-electron chi connectivity index (χ2n) is 6.20. The van der Waals surface area contributed by atoms with Gasteiger partial charge in [0, 0.05) is 11.0 Å². The maximum absolute atomic E-state index is 13.0. The fourth-order valence-corrected chi connectivity index (χ4v) is 4.37. The zero-order chi connectivity index (χ0) is 13.0. The minimum absolute atomic E-state index is 0.0823. The zero-order valence-electron chi connectivity index (χ0n) is 11.2. The van der Waals surface area contributed by atoms with E-state index in [-0.39, 0.29) is 5.41 Å². The highest BCUT2D eigenvalue weighted by Crippen LogP contribution is 2.57. The van der Waals surface area contributed by atoms with E-state index in [0.717, 1.165) is 30.6 Å². The molecule has 0 radical (unpaired) electrons. The Hall–Kier alpha value is -1.57. The summed E-state index contributed by atoms with van der Waals surface area (Å²) in [4.78, 5) is 13.0. The fraction of sp³-hybridized carbons (Fsp3) is 0.471. The van der Waals surface area contributed by atoms with Crippen LogP contribution in [0.4, 0.5) is 0 Å². The predicted octanol–water partition coefficient (Wildman–Crippen LogP) is 3.41. The summed E-state index contributed by atoms with van der Waals surface area (Å²) in [6.07, 6.45) is 8.88. The number of carbonyl (C=O) groups excluding carboxylic acids is 1. The number of Topliss-reactive ketones (excluding diaryl/α,β-unsaturated/α-hetero) is 1. The predicted molar refractivity (Wildman–Crippen MR) is 73.4 cm³/mol. The van der Waals surface area contributed by atoms with Crippen molar-refractivity contribution in [1.29, 1.82) is 0 Å². The maximum atomic E-state index is 13.0. The van der Waals surface area contributed by atoms with Gasteiger partial charge in [-0.05, 0) is 61.3 Å². The summed E-state index contributed by atoms with van der Waals surface area (Å²) in [7, 11) is 1.68. The van der Waals surface area contributed by atoms with Crippen LogP contribution < -0.4 is 4.74 Å². The summed E-state index contributed by atoms with van der Waals surface area (Å²) < 4.78 is 5.26. The van der Waals surface area contributed by atoms with Crippen LogP contribution in [0.15, 0.2) is 30.4 Å². The van der Waals surface area contributed by atoms with E-state index in [4.69, 9.17) is 4.74 Å². The first-order chi connectivity index (χ1) is 9.23. The van der Waals surface area contributed by atoms with Crippen molar-refractivity contribution in [3.63, 3.8) is 0 Å². The molecular weight excluding hydrogens is 236 g/mol. The van der Waals surface area contributed by atoms with E-state index in [2.05, 4.69) is 12.2 Å². The van der Waals surface area contributed by atoms with Crippen molar-refractivity contribution in [2.24, 2.45) is 17.3 Å². The average molecular weight is 254 g/mol. The van der Waals surface area contributed by atoms with E-state index in [1.807, 2.05) is 18.2 Å². The molecule has 1 fully saturated rings. The molecule has 0 aromatic heterocycles. The first-order valence-electron chi connectivity index (χ1n) is 7.13. The number of fused-ring (bicyclic) bond motifs is 4. The average Bonchev–Trinajstić information content (AvgIpc) is 3.04. The Kier molecular flexibility index (Phi) is 2.21. The monoisotopic (exact) mass is 254 g/mol. The third kappa shape index (κ3) is 1.40. The van der Waals surface area contributed by atoms with Gasteiger partial charge in [0.05, 0.1) is 7.11 Å². The molecule has 3 atom stereocenters. The minimum Gasteiger partial charge on any atom is -0.497 e. The molecule has 0 amide bonds. The summed E-state index contributed by atoms with van der Waals surface area (Å²) >= 11 is 0. The Morgan fingerprint density at radius 1 is 1.32 bits per heavy atom. The number of ether oxygens (including phenoxy) is 1. The smallest absolute Gasteiger partial charge is 0.169 e. The number of hydrogen-bond donors (Lipinski definition) is 0. The lowest BCUT2D eigenvalue weighted by atomic mass is 9.63. The highest BCUT2D eigenvalue weighted by molar-refractivity contribution is 6.03. The van der Waals surface area contributed by atoms with Crippen LogP contribution in [-0.4, -0.2) is 12.9 Å². The van der Waals surface area contributed by atoms with Gasteiger partial charge in [0.15, 0.2) is 5.78 Å². The molecule has 4 rings (SSSR count). The van der Waals surface area contributed by atoms with Crippen LogP contribution in [-0.2, 0) is 6.42 Å². The lowest BCUT2D eigenvalue weighted by molar-refractivity contribution is 0.0702. The molecule has 19 heavy (non-hydrogen) atoms. The fourth-order valence-electron chi connectivity index (χ4n) is 4.37. The molecule has 98 valence electrons. The number of ketones is 1. The highest BCUT2D eigenvalue weighted by atomic mass is 16.5. The summed E-state index contributed by atoms with van der Waals surface area (Å²) in [6.45, 7) is 0. The van der Waals surface area contributed by atoms with E-state index >= 15 is 0 Å². The van der Waals surface area contributed by atoms with E-state index in [9.17, 15) is 4.79 Å². The second kappa shape index (κ2) is 3.72. The third-order valence-corrected chi connectivity index (χ3v) is 5.36. The van der Waals surface area contributed by atoms with Gasteiger partial charge in [-0.25, -0.2) is 0 Å². The molecule has 2 heteroatoms. The number of allylic oxidation sites excluding steroid dienone is 2. The van der Waals surface area contributed by atoms with Gasteiger partial charge >= 0.3 is 0 Å². The van der Waals surface area contributed by atoms with E-state index < -0.39 is 0 Å². The molecule has 3 aliphatic rings. The molecule has 1 aromatic rings. The number of aryl methyl sites for hydroxylation is 1. The summed E-state index contributed by atoms with van der Waals surface area (Å²) in [5, 5.41) is 0. The first kappa shape index (κ1) is 11.3. The van der Waals surface area contributed by atoms with Crippen molar-refractivity contribution in [3.8, 4) is 5.75 Å². The molecule has 0 saturated heterocycles. The zero-order valence-corrected chi connectivity index (χ0v) is 11.2. The maximum Gasteiger partial charge on any atom is 0.169 e. The van der Waals surface area contributed by atoms with Crippen LogP contribution in [0.3, 0.4) is 0 Å². The Morgan fingerprint density at radius 2 is 2.21 bits per heavy atom. The van der Waals surface area contributed by atoms with Gasteiger partial charge in [-0.15, -0.1) is 0 Å². The molecule has 1 spiro atoms. The van der Waals surface area contributed by atoms with E-state index in [1.54, 1.807) is 7.11 Å². The molecule has 2 bridgehead atoms. The van der Waals surface area contributed by atoms with Gasteiger partial charge in [0.1, 0.15) is 5.75 Å². The topological polar surface area (TPSA) is 26.3 Å². The molecule has 0 N–H and O–H groups in total. The van der Waals surface area contributed by atoms with Gasteiger partial charge in [0.2, 0.25) is 0 Å². The van der Waals surface area contributed by atoms with Crippen LogP contribution in [0.25, 0.3) is 0 Å². The lowest BCUT2D eigenvalue weighted by Crippen LogP contribution is -2.39. The molecule has 1 aromatic carbocycles. The van der Waals surface area contributed by atoms with Crippen molar-refractivity contribution >= 4 is 5.78 Å². The number of methoxy groups -OCH3 is 1. The summed E-state index contributed by atoms with van der Waals surface area (Å²) in [5.41, 5.74) is 2.02. The summed E-state index contributed by atoms with van der Waals surface area (Å²) in [6, 6.07) is 5.91. The van der Waals surface area contributed by atoms with E-state index in [0.29, 0.717) is 17.6 Å². The van der Waals surface area contributed by atoms with E-state index in [1.165, 1.54) is 12.0 Å². The molecule has 0 aliphatic heterocycles. The largest absolute Gasteiger partial charge is 0.497 e. The lowest BCUT2D eigenvalue weighted by Gasteiger charge is -2.38. The number of benzene rings is 1. The first-order valence-corrected chi connectivity index (χ1v) is 7.13. The quantitative estimate of drug-likeness (QED) is 0.718. The number of carbonyl (C=O) groups is 1. The van der Waals surface area contributed by atoms with Crippen LogP contribution >= 0.6 is 0 Å². The van der Waals surface area contributed by atoms with Gasteiger partial charge in [-0.1, -0.05) is 12.2 Å². The van der Waals surface area contributed by atoms with Crippen molar-refractivity contribution in [2.45, 2.75) is 25.7 Å². The molecular formula is C17H18O2. The number of hydrogen-bond acceptors (Lipinski definition) is 2. The van der Waals surface area contributed by atoms with Gasteiger partial charge in [0.25, 0.3) is 0 Å². The van der Waals surface area contributed by atoms with Crippen LogP contribution in [0.1, 0.15) is 35.2 Å². The van der Waals surface area contributed by atoms with Crippen LogP contribution in [0.5, 0.6) is 5.75 Å². The van der Waals surface area contributed by atoms with Crippen molar-refractivity contribution in [2.75, 3.05) is 7.11 Å². The van der Waals surface area contributed by atoms with Crippen molar-refractivity contribution < 1.29 is 9.53 Å². The Morgan fingerprint density at radius 3 is 2.89 bits per heavy atom. The van der Waals surface area contributed by atoms with Crippen LogP contribution in [0.2, 0.25) is 0 Å². The Bertz CT molecular complexity index is 587. The van der Waals surface area contributed by atoms with Crippen LogP contribution in [0, 0.1) is 17.3 Å². The Labute approximate surface area is 113 Å². The van der Waals surface area contributed by atoms with Gasteiger partial charge in [-0.3, -0.25) is 4.79 Å². The normalized spacial score (nSPS) is 34.9. The van der Waals surface area contributed by atoms with Gasteiger partial charge in [-0.2, -0.15) is 0 Å². The van der Waals surface area contributed by atoms with Gasteiger partial charge < -0.3 is 4.74 Å². The second-order valence-corrected chi connectivity index (χ2v) is 6.20.